The Morgan fingerprint density at radius 2 is 1.74 bits per heavy atom. The van der Waals surface area contributed by atoms with Crippen LogP contribution in [0.25, 0.3) is 11.0 Å². The van der Waals surface area contributed by atoms with E-state index in [-0.39, 0.29) is 17.9 Å². The second-order valence-electron chi connectivity index (χ2n) is 9.17. The minimum absolute atomic E-state index is 0.0817. The van der Waals surface area contributed by atoms with Gasteiger partial charge < -0.3 is 9.80 Å². The van der Waals surface area contributed by atoms with Crippen molar-refractivity contribution in [3.63, 3.8) is 0 Å². The minimum atomic E-state index is 0.0817. The third-order valence-electron chi connectivity index (χ3n) is 6.38. The molecule has 0 radical (unpaired) electrons. The lowest BCUT2D eigenvalue weighted by molar-refractivity contribution is 0.0748. The lowest BCUT2D eigenvalue weighted by Crippen LogP contribution is -2.49. The first-order valence-electron chi connectivity index (χ1n) is 11.3. The van der Waals surface area contributed by atoms with E-state index in [2.05, 4.69) is 69.7 Å². The van der Waals surface area contributed by atoms with Crippen molar-refractivity contribution in [3.8, 4) is 0 Å². The highest BCUT2D eigenvalue weighted by Gasteiger charge is 2.26. The lowest BCUT2D eigenvalue weighted by Gasteiger charge is -2.37. The molecule has 164 valence electrons. The van der Waals surface area contributed by atoms with Gasteiger partial charge in [-0.25, -0.2) is 9.67 Å². The van der Waals surface area contributed by atoms with Crippen LogP contribution in [0.2, 0.25) is 0 Å². The topological polar surface area (TPSA) is 54.3 Å². The Bertz CT molecular complexity index is 1110. The molecule has 6 nitrogen and oxygen atoms in total. The molecule has 0 atom stereocenters. The molecule has 3 aromatic rings. The number of piperazine rings is 1. The molecule has 1 saturated heterocycles. The van der Waals surface area contributed by atoms with Crippen LogP contribution in [0.1, 0.15) is 66.8 Å². The summed E-state index contributed by atoms with van der Waals surface area (Å²) in [5.74, 6) is 0.325. The number of rotatable bonds is 4. The number of aromatic nitrogens is 3. The van der Waals surface area contributed by atoms with Gasteiger partial charge in [0.1, 0.15) is 0 Å². The van der Waals surface area contributed by atoms with E-state index in [9.17, 15) is 4.79 Å². The maximum Gasteiger partial charge on any atom is 0.254 e. The lowest BCUT2D eigenvalue weighted by atomic mass is 10.0. The molecular weight excluding hydrogens is 386 g/mol. The van der Waals surface area contributed by atoms with E-state index in [0.717, 1.165) is 35.4 Å². The van der Waals surface area contributed by atoms with E-state index in [1.165, 1.54) is 16.8 Å². The van der Waals surface area contributed by atoms with E-state index in [0.29, 0.717) is 13.1 Å². The van der Waals surface area contributed by atoms with Gasteiger partial charge >= 0.3 is 0 Å². The molecule has 0 N–H and O–H groups in total. The Morgan fingerprint density at radius 1 is 1.03 bits per heavy atom. The number of carbonyl (C=O) groups is 1. The molecule has 1 fully saturated rings. The van der Waals surface area contributed by atoms with Crippen LogP contribution in [0.3, 0.4) is 0 Å². The second kappa shape index (κ2) is 8.33. The maximum absolute atomic E-state index is 13.6. The third kappa shape index (κ3) is 3.91. The summed E-state index contributed by atoms with van der Waals surface area (Å²) in [6.07, 6.45) is 1.80. The van der Waals surface area contributed by atoms with E-state index in [1.54, 1.807) is 6.20 Å². The molecule has 1 aliphatic heterocycles. The Morgan fingerprint density at radius 3 is 2.39 bits per heavy atom. The number of fused-ring (bicyclic) bond motifs is 1. The van der Waals surface area contributed by atoms with Crippen molar-refractivity contribution in [3.05, 3.63) is 52.8 Å². The zero-order chi connectivity index (χ0) is 22.3. The molecule has 1 aromatic carbocycles. The first-order valence-corrected chi connectivity index (χ1v) is 11.3. The van der Waals surface area contributed by atoms with Crippen LogP contribution in [0.5, 0.6) is 0 Å². The molecule has 3 heterocycles. The summed E-state index contributed by atoms with van der Waals surface area (Å²) >= 11 is 0. The SMILES string of the molecule is Cc1cccc(N2CCN(C(=O)c3cc(C(C)C)nc4c3cnn4C(C)C)CC2)c1C. The molecule has 0 spiro atoms. The van der Waals surface area contributed by atoms with Crippen LogP contribution >= 0.6 is 0 Å². The maximum atomic E-state index is 13.6. The molecule has 0 saturated carbocycles. The standard InChI is InChI=1S/C25H33N5O/c1-16(2)22-14-20(21-15-26-30(17(3)4)24(21)27-22)25(31)29-12-10-28(11-13-29)23-9-7-8-18(5)19(23)6/h7-9,14-17H,10-13H2,1-6H3. The quantitative estimate of drug-likeness (QED) is 0.614. The van der Waals surface area contributed by atoms with E-state index < -0.39 is 0 Å². The van der Waals surface area contributed by atoms with Gasteiger partial charge in [-0.15, -0.1) is 0 Å². The van der Waals surface area contributed by atoms with Crippen molar-refractivity contribution >= 4 is 22.6 Å². The van der Waals surface area contributed by atoms with Crippen molar-refractivity contribution in [1.82, 2.24) is 19.7 Å². The Hall–Kier alpha value is -2.89. The van der Waals surface area contributed by atoms with E-state index >= 15 is 0 Å². The molecule has 31 heavy (non-hydrogen) atoms. The van der Waals surface area contributed by atoms with Crippen LogP contribution in [-0.2, 0) is 0 Å². The van der Waals surface area contributed by atoms with E-state index in [1.807, 2.05) is 15.6 Å². The van der Waals surface area contributed by atoms with Crippen molar-refractivity contribution in [2.45, 2.75) is 53.5 Å². The largest absolute Gasteiger partial charge is 0.368 e. The fourth-order valence-electron chi connectivity index (χ4n) is 4.29. The van der Waals surface area contributed by atoms with Crippen molar-refractivity contribution in [1.29, 1.82) is 0 Å². The third-order valence-corrected chi connectivity index (χ3v) is 6.38. The number of nitrogens with zero attached hydrogens (tertiary/aromatic N) is 5. The first kappa shape index (κ1) is 21.3. The monoisotopic (exact) mass is 419 g/mol. The number of aryl methyl sites for hydroxylation is 1. The number of amides is 1. The predicted octanol–water partition coefficient (Wildman–Crippen LogP) is 4.71. The summed E-state index contributed by atoms with van der Waals surface area (Å²) in [4.78, 5) is 22.8. The summed E-state index contributed by atoms with van der Waals surface area (Å²) in [5.41, 5.74) is 6.37. The van der Waals surface area contributed by atoms with Crippen LogP contribution in [0.15, 0.2) is 30.5 Å². The molecule has 0 aliphatic carbocycles. The minimum Gasteiger partial charge on any atom is -0.368 e. The number of carbonyl (C=O) groups excluding carboxylic acids is 1. The first-order chi connectivity index (χ1) is 14.8. The average molecular weight is 420 g/mol. The number of hydrogen-bond acceptors (Lipinski definition) is 4. The van der Waals surface area contributed by atoms with Crippen LogP contribution in [-0.4, -0.2) is 51.8 Å². The van der Waals surface area contributed by atoms with Gasteiger partial charge in [0.05, 0.1) is 17.1 Å². The molecule has 4 rings (SSSR count). The molecular formula is C25H33N5O. The van der Waals surface area contributed by atoms with E-state index in [4.69, 9.17) is 4.98 Å². The molecule has 0 bridgehead atoms. The van der Waals surface area contributed by atoms with Gasteiger partial charge in [-0.2, -0.15) is 5.10 Å². The van der Waals surface area contributed by atoms with Gasteiger partial charge in [-0.3, -0.25) is 4.79 Å². The van der Waals surface area contributed by atoms with Crippen molar-refractivity contribution in [2.24, 2.45) is 0 Å². The zero-order valence-electron chi connectivity index (χ0n) is 19.5. The summed E-state index contributed by atoms with van der Waals surface area (Å²) in [6, 6.07) is 8.61. The molecule has 1 amide bonds. The van der Waals surface area contributed by atoms with Crippen molar-refractivity contribution < 1.29 is 4.79 Å². The molecule has 0 unspecified atom stereocenters. The van der Waals surface area contributed by atoms with Gasteiger partial charge in [-0.05, 0) is 56.9 Å². The highest BCUT2D eigenvalue weighted by atomic mass is 16.2. The second-order valence-corrected chi connectivity index (χ2v) is 9.17. The van der Waals surface area contributed by atoms with Gasteiger partial charge in [-0.1, -0.05) is 26.0 Å². The van der Waals surface area contributed by atoms with Crippen molar-refractivity contribution in [2.75, 3.05) is 31.1 Å². The number of hydrogen-bond donors (Lipinski definition) is 0. The normalized spacial score (nSPS) is 14.8. The average Bonchev–Trinajstić information content (AvgIpc) is 3.19. The zero-order valence-corrected chi connectivity index (χ0v) is 19.5. The fourth-order valence-corrected chi connectivity index (χ4v) is 4.29. The van der Waals surface area contributed by atoms with Crippen LogP contribution in [0.4, 0.5) is 5.69 Å². The summed E-state index contributed by atoms with van der Waals surface area (Å²) in [7, 11) is 0. The molecule has 6 heteroatoms. The molecule has 1 aliphatic rings. The summed E-state index contributed by atoms with van der Waals surface area (Å²) < 4.78 is 1.91. The highest BCUT2D eigenvalue weighted by molar-refractivity contribution is 6.05. The summed E-state index contributed by atoms with van der Waals surface area (Å²) in [5, 5.41) is 5.38. The van der Waals surface area contributed by atoms with Crippen LogP contribution < -0.4 is 4.90 Å². The number of anilines is 1. The van der Waals surface area contributed by atoms with Gasteiger partial charge in [0.2, 0.25) is 0 Å². The van der Waals surface area contributed by atoms with Gasteiger partial charge in [0.25, 0.3) is 5.91 Å². The highest BCUT2D eigenvalue weighted by Crippen LogP contribution is 2.27. The van der Waals surface area contributed by atoms with Gasteiger partial charge in [0, 0.05) is 43.6 Å². The number of pyridine rings is 1. The Labute approximate surface area is 184 Å². The van der Waals surface area contributed by atoms with Crippen LogP contribution in [0, 0.1) is 13.8 Å². The predicted molar refractivity (Wildman–Crippen MR) is 126 cm³/mol. The number of benzene rings is 1. The Kier molecular flexibility index (Phi) is 5.73. The van der Waals surface area contributed by atoms with Gasteiger partial charge in [0.15, 0.2) is 5.65 Å². The summed E-state index contributed by atoms with van der Waals surface area (Å²) in [6.45, 7) is 15.8. The fraction of sp³-hybridized carbons (Fsp3) is 0.480. The smallest absolute Gasteiger partial charge is 0.254 e. The molecule has 2 aromatic heterocycles. The Balaban J connectivity index is 1.61.